The van der Waals surface area contributed by atoms with E-state index in [2.05, 4.69) is 62.5 Å². The Morgan fingerprint density at radius 2 is 0.764 bits per heavy atom. The van der Waals surface area contributed by atoms with Crippen molar-refractivity contribution in [2.45, 2.75) is 251 Å². The molecular weight excluding hydrogens is 677 g/mol. The molecule has 0 aromatic rings. The zero-order valence-corrected chi connectivity index (χ0v) is 36.9. The van der Waals surface area contributed by atoms with Gasteiger partial charge in [0, 0.05) is 13.0 Å². The van der Waals surface area contributed by atoms with Crippen molar-refractivity contribution in [3.63, 3.8) is 0 Å². The molecule has 0 amide bonds. The van der Waals surface area contributed by atoms with Gasteiger partial charge in [-0.25, -0.2) is 0 Å². The van der Waals surface area contributed by atoms with Crippen molar-refractivity contribution >= 4 is 5.97 Å². The van der Waals surface area contributed by atoms with Gasteiger partial charge < -0.3 is 14.6 Å². The average molecular weight is 771 g/mol. The second kappa shape index (κ2) is 48.5. The number of aliphatic hydroxyl groups excluding tert-OH is 1. The molecule has 0 aliphatic carbocycles. The number of esters is 1. The third kappa shape index (κ3) is 46.6. The van der Waals surface area contributed by atoms with Crippen molar-refractivity contribution in [2.75, 3.05) is 19.8 Å². The number of ether oxygens (including phenoxy) is 2. The monoisotopic (exact) mass is 771 g/mol. The molecule has 0 aromatic carbocycles. The van der Waals surface area contributed by atoms with Gasteiger partial charge in [0.25, 0.3) is 0 Å². The van der Waals surface area contributed by atoms with Gasteiger partial charge in [-0.15, -0.1) is 0 Å². The second-order valence-electron chi connectivity index (χ2n) is 16.2. The van der Waals surface area contributed by atoms with E-state index in [4.69, 9.17) is 9.47 Å². The number of unbranched alkanes of at least 4 members (excludes halogenated alkanes) is 29. The molecule has 1 unspecified atom stereocenters. The highest BCUT2D eigenvalue weighted by Gasteiger charge is 2.13. The molecule has 0 rings (SSSR count). The molecule has 4 nitrogen and oxygen atoms in total. The van der Waals surface area contributed by atoms with Crippen LogP contribution < -0.4 is 0 Å². The van der Waals surface area contributed by atoms with Crippen LogP contribution in [0, 0.1) is 0 Å². The molecule has 4 heteroatoms. The van der Waals surface area contributed by atoms with Crippen LogP contribution in [0.15, 0.2) is 48.6 Å². The van der Waals surface area contributed by atoms with E-state index in [1.54, 1.807) is 0 Å². The van der Waals surface area contributed by atoms with Crippen molar-refractivity contribution in [2.24, 2.45) is 0 Å². The predicted molar refractivity (Wildman–Crippen MR) is 242 cm³/mol. The van der Waals surface area contributed by atoms with Gasteiger partial charge in [0.05, 0.1) is 13.2 Å². The van der Waals surface area contributed by atoms with E-state index < -0.39 is 6.10 Å². The van der Waals surface area contributed by atoms with Crippen LogP contribution in [0.3, 0.4) is 0 Å². The van der Waals surface area contributed by atoms with Gasteiger partial charge in [-0.2, -0.15) is 0 Å². The van der Waals surface area contributed by atoms with Crippen LogP contribution in [0.5, 0.6) is 0 Å². The minimum Gasteiger partial charge on any atom is -0.457 e. The molecule has 0 aliphatic heterocycles. The van der Waals surface area contributed by atoms with Crippen molar-refractivity contribution < 1.29 is 19.4 Å². The summed E-state index contributed by atoms with van der Waals surface area (Å²) in [5.41, 5.74) is 0. The van der Waals surface area contributed by atoms with Crippen LogP contribution in [0.25, 0.3) is 0 Å². The van der Waals surface area contributed by atoms with E-state index >= 15 is 0 Å². The lowest BCUT2D eigenvalue weighted by Gasteiger charge is -2.16. The zero-order chi connectivity index (χ0) is 39.8. The van der Waals surface area contributed by atoms with Crippen LogP contribution >= 0.6 is 0 Å². The molecule has 0 fully saturated rings. The molecular formula is C51H94O4. The summed E-state index contributed by atoms with van der Waals surface area (Å²) >= 11 is 0. The number of hydrogen-bond donors (Lipinski definition) is 1. The van der Waals surface area contributed by atoms with Crippen LogP contribution in [-0.4, -0.2) is 37.0 Å². The van der Waals surface area contributed by atoms with Crippen LogP contribution in [0.4, 0.5) is 0 Å². The van der Waals surface area contributed by atoms with E-state index in [1.807, 2.05) is 0 Å². The van der Waals surface area contributed by atoms with Gasteiger partial charge in [-0.05, 0) is 77.0 Å². The Hall–Kier alpha value is -1.65. The van der Waals surface area contributed by atoms with E-state index in [-0.39, 0.29) is 12.6 Å². The van der Waals surface area contributed by atoms with E-state index in [1.165, 1.54) is 193 Å². The number of rotatable bonds is 45. The fourth-order valence-electron chi connectivity index (χ4n) is 6.98. The smallest absolute Gasteiger partial charge is 0.306 e. The highest BCUT2D eigenvalue weighted by atomic mass is 16.6. The molecule has 322 valence electrons. The summed E-state index contributed by atoms with van der Waals surface area (Å²) < 4.78 is 11.2. The SMILES string of the molecule is CCCCCCC/C=C\C/C=C\C/C=C\CCCCCCCCCCCOCC(CO)OC(=O)CCCCCCCCCCC/C=C\CCCCCCCC. The van der Waals surface area contributed by atoms with Gasteiger partial charge in [-0.1, -0.05) is 210 Å². The molecule has 0 spiro atoms. The first-order valence-corrected chi connectivity index (χ1v) is 24.2. The summed E-state index contributed by atoms with van der Waals surface area (Å²) in [5, 5.41) is 9.63. The maximum Gasteiger partial charge on any atom is 0.306 e. The largest absolute Gasteiger partial charge is 0.457 e. The van der Waals surface area contributed by atoms with Crippen molar-refractivity contribution in [1.82, 2.24) is 0 Å². The topological polar surface area (TPSA) is 55.8 Å². The molecule has 0 aliphatic rings. The van der Waals surface area contributed by atoms with Crippen molar-refractivity contribution in [3.8, 4) is 0 Å². The first-order valence-electron chi connectivity index (χ1n) is 24.2. The van der Waals surface area contributed by atoms with Gasteiger partial charge in [-0.3, -0.25) is 4.79 Å². The summed E-state index contributed by atoms with van der Waals surface area (Å²) in [7, 11) is 0. The third-order valence-corrected chi connectivity index (χ3v) is 10.6. The first-order chi connectivity index (χ1) is 27.2. The lowest BCUT2D eigenvalue weighted by Crippen LogP contribution is -2.27. The Morgan fingerprint density at radius 3 is 1.16 bits per heavy atom. The average Bonchev–Trinajstić information content (AvgIpc) is 3.19. The number of hydrogen-bond acceptors (Lipinski definition) is 4. The molecule has 0 bridgehead atoms. The zero-order valence-electron chi connectivity index (χ0n) is 36.9. The maximum absolute atomic E-state index is 12.2. The normalized spacial score (nSPS) is 12.7. The number of allylic oxidation sites excluding steroid dienone is 8. The highest BCUT2D eigenvalue weighted by Crippen LogP contribution is 2.14. The number of aliphatic hydroxyl groups is 1. The van der Waals surface area contributed by atoms with Crippen molar-refractivity contribution in [1.29, 1.82) is 0 Å². The van der Waals surface area contributed by atoms with Crippen LogP contribution in [0.1, 0.15) is 245 Å². The molecule has 0 aromatic heterocycles. The molecule has 0 heterocycles. The first kappa shape index (κ1) is 53.4. The summed E-state index contributed by atoms with van der Waals surface area (Å²) in [6.07, 6.45) is 63.3. The van der Waals surface area contributed by atoms with Gasteiger partial charge in [0.1, 0.15) is 6.10 Å². The van der Waals surface area contributed by atoms with E-state index in [0.717, 1.165) is 32.1 Å². The Kier molecular flexibility index (Phi) is 47.0. The summed E-state index contributed by atoms with van der Waals surface area (Å²) in [6, 6.07) is 0. The summed E-state index contributed by atoms with van der Waals surface area (Å²) in [5.74, 6) is -0.203. The highest BCUT2D eigenvalue weighted by molar-refractivity contribution is 5.69. The standard InChI is InChI=1S/C51H94O4/c1-3-5-7-9-11-13-15-17-19-21-23-24-25-26-27-29-31-33-35-37-39-41-43-45-47-54-49-50(48-52)55-51(53)46-44-42-40-38-36-34-32-30-28-22-20-18-16-14-12-10-8-6-4-2/h15,17-18,20-21,23,25-26,50,52H,3-14,16,19,22,24,27-49H2,1-2H3/b17-15-,20-18-,23-21-,26-25-. The van der Waals surface area contributed by atoms with Gasteiger partial charge >= 0.3 is 5.97 Å². The fraction of sp³-hybridized carbons (Fsp3) is 0.824. The van der Waals surface area contributed by atoms with E-state index in [0.29, 0.717) is 19.6 Å². The Morgan fingerprint density at radius 1 is 0.436 bits per heavy atom. The lowest BCUT2D eigenvalue weighted by molar-refractivity contribution is -0.154. The Labute approximate surface area is 343 Å². The Balaban J connectivity index is 3.43. The van der Waals surface area contributed by atoms with Crippen LogP contribution in [0.2, 0.25) is 0 Å². The molecule has 1 atom stereocenters. The quantitative estimate of drug-likeness (QED) is 0.0381. The second-order valence-corrected chi connectivity index (χ2v) is 16.2. The van der Waals surface area contributed by atoms with Crippen molar-refractivity contribution in [3.05, 3.63) is 48.6 Å². The molecule has 1 N–H and O–H groups in total. The third-order valence-electron chi connectivity index (χ3n) is 10.6. The summed E-state index contributed by atoms with van der Waals surface area (Å²) in [6.45, 7) is 5.34. The van der Waals surface area contributed by atoms with Crippen LogP contribution in [-0.2, 0) is 14.3 Å². The lowest BCUT2D eigenvalue weighted by atomic mass is 10.1. The molecule has 0 saturated heterocycles. The van der Waals surface area contributed by atoms with Gasteiger partial charge in [0.15, 0.2) is 0 Å². The summed E-state index contributed by atoms with van der Waals surface area (Å²) in [4.78, 5) is 12.2. The molecule has 0 saturated carbocycles. The van der Waals surface area contributed by atoms with E-state index in [9.17, 15) is 9.90 Å². The Bertz CT molecular complexity index is 859. The molecule has 0 radical (unpaired) electrons. The number of carbonyl (C=O) groups is 1. The fourth-order valence-corrected chi connectivity index (χ4v) is 6.98. The minimum absolute atomic E-state index is 0.174. The minimum atomic E-state index is -0.539. The molecule has 55 heavy (non-hydrogen) atoms. The maximum atomic E-state index is 12.2. The van der Waals surface area contributed by atoms with Gasteiger partial charge in [0.2, 0.25) is 0 Å². The predicted octanol–water partition coefficient (Wildman–Crippen LogP) is 16.2. The number of carbonyl (C=O) groups excluding carboxylic acids is 1.